The van der Waals surface area contributed by atoms with Crippen LogP contribution in [0, 0.1) is 25.2 Å². The highest BCUT2D eigenvalue weighted by Crippen LogP contribution is 2.39. The number of carbonyl (C=O) groups is 1. The van der Waals surface area contributed by atoms with E-state index >= 15 is 0 Å². The number of aryl methyl sites for hydroxylation is 2. The average Bonchev–Trinajstić information content (AvgIpc) is 2.67. The smallest absolute Gasteiger partial charge is 0.316 e. The van der Waals surface area contributed by atoms with E-state index in [2.05, 4.69) is 9.97 Å². The van der Waals surface area contributed by atoms with Gasteiger partial charge in [-0.2, -0.15) is 0 Å². The molecule has 1 N–H and O–H groups in total. The predicted molar refractivity (Wildman–Crippen MR) is 113 cm³/mol. The summed E-state index contributed by atoms with van der Waals surface area (Å²) in [5.74, 6) is 0.942. The largest absolute Gasteiger partial charge is 0.460 e. The minimum absolute atomic E-state index is 0.132. The number of aromatic nitrogens is 2. The predicted octanol–water partition coefficient (Wildman–Crippen LogP) is 3.82. The van der Waals surface area contributed by atoms with E-state index in [1.165, 1.54) is 32.1 Å². The van der Waals surface area contributed by atoms with Crippen LogP contribution in [-0.4, -0.2) is 51.2 Å². The molecule has 3 rings (SSSR count). The van der Waals surface area contributed by atoms with Crippen molar-refractivity contribution in [3.05, 3.63) is 17.5 Å². The van der Waals surface area contributed by atoms with Gasteiger partial charge in [-0.15, -0.1) is 0 Å². The summed E-state index contributed by atoms with van der Waals surface area (Å²) < 4.78 is 5.79. The second kappa shape index (κ2) is 8.99. The van der Waals surface area contributed by atoms with E-state index in [0.29, 0.717) is 37.9 Å². The number of nitrogens with zero attached hydrogens (tertiary/aromatic N) is 3. The minimum Gasteiger partial charge on any atom is -0.460 e. The van der Waals surface area contributed by atoms with Crippen molar-refractivity contribution < 1.29 is 14.6 Å². The van der Waals surface area contributed by atoms with Gasteiger partial charge >= 0.3 is 6.01 Å². The van der Waals surface area contributed by atoms with Gasteiger partial charge in [0.15, 0.2) is 0 Å². The molecule has 2 heterocycles. The van der Waals surface area contributed by atoms with Gasteiger partial charge in [0.05, 0.1) is 0 Å². The summed E-state index contributed by atoms with van der Waals surface area (Å²) >= 11 is 0. The van der Waals surface area contributed by atoms with Crippen LogP contribution in [0.5, 0.6) is 6.01 Å². The van der Waals surface area contributed by atoms with Crippen LogP contribution in [-0.2, 0) is 4.79 Å². The molecule has 0 aromatic carbocycles. The Morgan fingerprint density at radius 1 is 1.21 bits per heavy atom. The van der Waals surface area contributed by atoms with Gasteiger partial charge in [0.2, 0.25) is 5.91 Å². The van der Waals surface area contributed by atoms with Crippen molar-refractivity contribution in [2.24, 2.45) is 11.3 Å². The summed E-state index contributed by atoms with van der Waals surface area (Å²) in [7, 11) is 0. The highest BCUT2D eigenvalue weighted by molar-refractivity contribution is 5.76. The number of carbonyl (C=O) groups excluding carboxylic acids is 1. The van der Waals surface area contributed by atoms with Gasteiger partial charge < -0.3 is 14.7 Å². The fourth-order valence-corrected chi connectivity index (χ4v) is 4.75. The van der Waals surface area contributed by atoms with E-state index in [0.717, 1.165) is 17.8 Å². The summed E-state index contributed by atoms with van der Waals surface area (Å²) in [6, 6.07) is 2.20. The first-order valence-electron chi connectivity index (χ1n) is 11.1. The van der Waals surface area contributed by atoms with Gasteiger partial charge in [0.1, 0.15) is 12.2 Å². The van der Waals surface area contributed by atoms with Crippen molar-refractivity contribution >= 4 is 5.91 Å². The Bertz CT molecular complexity index is 695. The molecule has 1 saturated heterocycles. The fourth-order valence-electron chi connectivity index (χ4n) is 4.75. The van der Waals surface area contributed by atoms with Crippen LogP contribution in [0.1, 0.15) is 76.6 Å². The summed E-state index contributed by atoms with van der Waals surface area (Å²) in [4.78, 5) is 23.3. The van der Waals surface area contributed by atoms with Crippen molar-refractivity contribution in [3.8, 4) is 6.01 Å². The lowest BCUT2D eigenvalue weighted by atomic mass is 9.70. The minimum atomic E-state index is -1.02. The SMILES string of the molecule is Cc1cc(C)nc(OCC2(O)CCN(C(=O)CCC3CCCCC3)CC2(C)C)n1. The van der Waals surface area contributed by atoms with Crippen LogP contribution in [0.15, 0.2) is 6.07 Å². The number of aliphatic hydroxyl groups is 1. The zero-order valence-corrected chi connectivity index (χ0v) is 18.5. The van der Waals surface area contributed by atoms with Crippen molar-refractivity contribution in [1.82, 2.24) is 14.9 Å². The Labute approximate surface area is 175 Å². The number of amides is 1. The number of ether oxygens (including phenoxy) is 1. The topological polar surface area (TPSA) is 75.6 Å². The molecular weight excluding hydrogens is 366 g/mol. The van der Waals surface area contributed by atoms with E-state index in [9.17, 15) is 9.90 Å². The van der Waals surface area contributed by atoms with Gasteiger partial charge in [-0.1, -0.05) is 46.0 Å². The van der Waals surface area contributed by atoms with Gasteiger partial charge in [-0.3, -0.25) is 4.79 Å². The number of hydrogen-bond donors (Lipinski definition) is 1. The van der Waals surface area contributed by atoms with E-state index < -0.39 is 11.0 Å². The van der Waals surface area contributed by atoms with Crippen LogP contribution in [0.4, 0.5) is 0 Å². The van der Waals surface area contributed by atoms with Crippen LogP contribution in [0.25, 0.3) is 0 Å². The second-order valence-corrected chi connectivity index (χ2v) is 9.75. The molecule has 1 saturated carbocycles. The van der Waals surface area contributed by atoms with Crippen LogP contribution in [0.2, 0.25) is 0 Å². The molecule has 1 aliphatic heterocycles. The highest BCUT2D eigenvalue weighted by atomic mass is 16.5. The van der Waals surface area contributed by atoms with Gasteiger partial charge in [0, 0.05) is 36.3 Å². The normalized spacial score (nSPS) is 25.1. The van der Waals surface area contributed by atoms with E-state index in [4.69, 9.17) is 4.74 Å². The Hall–Kier alpha value is -1.69. The van der Waals surface area contributed by atoms with E-state index in [-0.39, 0.29) is 12.5 Å². The summed E-state index contributed by atoms with van der Waals surface area (Å²) in [6.07, 6.45) is 8.66. The first-order chi connectivity index (χ1) is 13.7. The maximum Gasteiger partial charge on any atom is 0.316 e. The average molecular weight is 404 g/mol. The maximum atomic E-state index is 12.8. The van der Waals surface area contributed by atoms with Crippen molar-refractivity contribution in [1.29, 1.82) is 0 Å². The molecule has 2 fully saturated rings. The Morgan fingerprint density at radius 2 is 1.86 bits per heavy atom. The molecule has 1 aromatic rings. The van der Waals surface area contributed by atoms with Crippen LogP contribution >= 0.6 is 0 Å². The Morgan fingerprint density at radius 3 is 2.48 bits per heavy atom. The molecule has 2 aliphatic rings. The number of hydrogen-bond acceptors (Lipinski definition) is 5. The maximum absolute atomic E-state index is 12.8. The third-order valence-electron chi connectivity index (χ3n) is 6.89. The number of piperidine rings is 1. The second-order valence-electron chi connectivity index (χ2n) is 9.75. The molecule has 1 aromatic heterocycles. The molecule has 1 aliphatic carbocycles. The van der Waals surface area contributed by atoms with E-state index in [1.807, 2.05) is 38.7 Å². The molecule has 1 unspecified atom stereocenters. The highest BCUT2D eigenvalue weighted by Gasteiger charge is 2.49. The summed E-state index contributed by atoms with van der Waals surface area (Å²) in [5, 5.41) is 11.3. The van der Waals surface area contributed by atoms with Crippen LogP contribution in [0.3, 0.4) is 0 Å². The monoisotopic (exact) mass is 403 g/mol. The van der Waals surface area contributed by atoms with Crippen LogP contribution < -0.4 is 4.74 Å². The molecule has 162 valence electrons. The van der Waals surface area contributed by atoms with Gasteiger partial charge in [-0.05, 0) is 38.7 Å². The molecule has 0 bridgehead atoms. The first-order valence-corrected chi connectivity index (χ1v) is 11.1. The third kappa shape index (κ3) is 5.47. The standard InChI is InChI=1S/C23H37N3O3/c1-17-14-18(2)25-21(24-17)29-16-23(28)12-13-26(15-22(23,3)4)20(27)11-10-19-8-6-5-7-9-19/h14,19,28H,5-13,15-16H2,1-4H3. The third-order valence-corrected chi connectivity index (χ3v) is 6.89. The number of likely N-dealkylation sites (tertiary alicyclic amines) is 1. The number of rotatable bonds is 6. The molecule has 29 heavy (non-hydrogen) atoms. The summed E-state index contributed by atoms with van der Waals surface area (Å²) in [6.45, 7) is 9.07. The first kappa shape index (κ1) is 22.0. The van der Waals surface area contributed by atoms with Gasteiger partial charge in [0.25, 0.3) is 0 Å². The zero-order chi connectivity index (χ0) is 21.1. The quantitative estimate of drug-likeness (QED) is 0.781. The molecule has 1 amide bonds. The Balaban J connectivity index is 1.54. The molecule has 0 radical (unpaired) electrons. The molecule has 6 heteroatoms. The zero-order valence-electron chi connectivity index (χ0n) is 18.5. The van der Waals surface area contributed by atoms with Crippen molar-refractivity contribution in [3.63, 3.8) is 0 Å². The van der Waals surface area contributed by atoms with Gasteiger partial charge in [-0.25, -0.2) is 9.97 Å². The van der Waals surface area contributed by atoms with Crippen molar-refractivity contribution in [2.45, 2.75) is 84.7 Å². The lowest BCUT2D eigenvalue weighted by Gasteiger charge is -2.49. The lowest BCUT2D eigenvalue weighted by molar-refractivity contribution is -0.158. The fraction of sp³-hybridized carbons (Fsp3) is 0.783. The lowest BCUT2D eigenvalue weighted by Crippen LogP contribution is -2.61. The van der Waals surface area contributed by atoms with E-state index in [1.54, 1.807) is 0 Å². The molecule has 6 nitrogen and oxygen atoms in total. The molecule has 0 spiro atoms. The summed E-state index contributed by atoms with van der Waals surface area (Å²) in [5.41, 5.74) is 0.202. The van der Waals surface area contributed by atoms with Crippen molar-refractivity contribution in [2.75, 3.05) is 19.7 Å². The molecule has 1 atom stereocenters. The Kier molecular flexibility index (Phi) is 6.82. The molecular formula is C23H37N3O3.